The third-order valence-corrected chi connectivity index (χ3v) is 5.78. The second-order valence-electron chi connectivity index (χ2n) is 7.34. The van der Waals surface area contributed by atoms with E-state index < -0.39 is 0 Å². The highest BCUT2D eigenvalue weighted by Crippen LogP contribution is 2.36. The Morgan fingerprint density at radius 2 is 1.96 bits per heavy atom. The molecule has 5 nitrogen and oxygen atoms in total. The van der Waals surface area contributed by atoms with Gasteiger partial charge >= 0.3 is 0 Å². The fourth-order valence-corrected chi connectivity index (χ4v) is 4.33. The number of nitrogens with zero attached hydrogens (tertiary/aromatic N) is 2. The number of fused-ring (bicyclic) bond motifs is 1. The Balaban J connectivity index is 1.36. The van der Waals surface area contributed by atoms with Gasteiger partial charge in [0.2, 0.25) is 6.79 Å². The van der Waals surface area contributed by atoms with E-state index in [0.717, 1.165) is 57.1 Å². The summed E-state index contributed by atoms with van der Waals surface area (Å²) >= 11 is 0. The first-order chi connectivity index (χ1) is 11.8. The minimum atomic E-state index is 0.342. The van der Waals surface area contributed by atoms with Gasteiger partial charge in [0, 0.05) is 31.3 Å². The van der Waals surface area contributed by atoms with Crippen LogP contribution >= 0.6 is 0 Å². The molecule has 0 aliphatic carbocycles. The van der Waals surface area contributed by atoms with Crippen LogP contribution in [0.4, 0.5) is 0 Å². The van der Waals surface area contributed by atoms with E-state index in [2.05, 4.69) is 21.9 Å². The second kappa shape index (κ2) is 7.30. The average molecular weight is 332 g/mol. The predicted molar refractivity (Wildman–Crippen MR) is 92.2 cm³/mol. The molecular weight excluding hydrogens is 304 g/mol. The zero-order valence-corrected chi connectivity index (χ0v) is 14.3. The summed E-state index contributed by atoms with van der Waals surface area (Å²) in [4.78, 5) is 5.21. The van der Waals surface area contributed by atoms with Gasteiger partial charge in [-0.05, 0) is 57.3 Å². The van der Waals surface area contributed by atoms with E-state index in [0.29, 0.717) is 25.4 Å². The molecule has 0 radical (unpaired) electrons. The number of ether oxygens (including phenoxy) is 2. The van der Waals surface area contributed by atoms with Crippen molar-refractivity contribution in [3.63, 3.8) is 0 Å². The van der Waals surface area contributed by atoms with Gasteiger partial charge in [-0.2, -0.15) is 0 Å². The topological polar surface area (TPSA) is 45.2 Å². The normalized spacial score (nSPS) is 26.0. The maximum atomic E-state index is 9.32. The number of hydrogen-bond donors (Lipinski definition) is 1. The fraction of sp³-hybridized carbons (Fsp3) is 0.684. The van der Waals surface area contributed by atoms with Crippen LogP contribution in [0.15, 0.2) is 18.2 Å². The molecule has 3 aliphatic rings. The van der Waals surface area contributed by atoms with Crippen molar-refractivity contribution in [3.8, 4) is 11.5 Å². The molecule has 1 atom stereocenters. The van der Waals surface area contributed by atoms with Crippen molar-refractivity contribution in [1.29, 1.82) is 0 Å². The van der Waals surface area contributed by atoms with Crippen molar-refractivity contribution in [3.05, 3.63) is 23.8 Å². The maximum Gasteiger partial charge on any atom is 0.231 e. The molecule has 1 aromatic rings. The number of aliphatic hydroxyl groups is 1. The Kier molecular flexibility index (Phi) is 4.92. The summed E-state index contributed by atoms with van der Waals surface area (Å²) in [6.45, 7) is 6.21. The lowest BCUT2D eigenvalue weighted by Crippen LogP contribution is -2.50. The molecule has 1 N–H and O–H groups in total. The first-order valence-corrected chi connectivity index (χ1v) is 9.28. The molecule has 24 heavy (non-hydrogen) atoms. The predicted octanol–water partition coefficient (Wildman–Crippen LogP) is 2.08. The number of para-hydroxylation sites is 1. The quantitative estimate of drug-likeness (QED) is 0.915. The van der Waals surface area contributed by atoms with E-state index in [1.165, 1.54) is 18.4 Å². The van der Waals surface area contributed by atoms with Crippen LogP contribution < -0.4 is 9.47 Å². The number of benzene rings is 1. The van der Waals surface area contributed by atoms with Crippen LogP contribution in [0.1, 0.15) is 31.2 Å². The van der Waals surface area contributed by atoms with E-state index >= 15 is 0 Å². The Morgan fingerprint density at radius 1 is 1.08 bits per heavy atom. The van der Waals surface area contributed by atoms with Crippen molar-refractivity contribution >= 4 is 0 Å². The second-order valence-corrected chi connectivity index (χ2v) is 7.34. The van der Waals surface area contributed by atoms with Crippen LogP contribution in [-0.4, -0.2) is 60.5 Å². The minimum absolute atomic E-state index is 0.342. The van der Waals surface area contributed by atoms with Gasteiger partial charge in [0.05, 0.1) is 0 Å². The number of aliphatic hydroxyl groups excluding tert-OH is 1. The molecule has 0 bridgehead atoms. The highest BCUT2D eigenvalue weighted by atomic mass is 16.7. The van der Waals surface area contributed by atoms with Crippen molar-refractivity contribution in [2.24, 2.45) is 5.92 Å². The van der Waals surface area contributed by atoms with Crippen molar-refractivity contribution < 1.29 is 14.6 Å². The lowest BCUT2D eigenvalue weighted by atomic mass is 9.94. The summed E-state index contributed by atoms with van der Waals surface area (Å²) in [6, 6.07) is 6.86. The number of likely N-dealkylation sites (tertiary alicyclic amines) is 2. The molecule has 1 aromatic carbocycles. The van der Waals surface area contributed by atoms with Crippen LogP contribution in [-0.2, 0) is 6.54 Å². The molecule has 4 rings (SSSR count). The molecule has 2 fully saturated rings. The van der Waals surface area contributed by atoms with Gasteiger partial charge in [0.1, 0.15) is 0 Å². The molecule has 0 amide bonds. The summed E-state index contributed by atoms with van der Waals surface area (Å²) in [5, 5.41) is 9.32. The lowest BCUT2D eigenvalue weighted by Gasteiger charge is -2.42. The van der Waals surface area contributed by atoms with Gasteiger partial charge in [0.25, 0.3) is 0 Å². The number of piperidine rings is 2. The van der Waals surface area contributed by atoms with Crippen LogP contribution in [0.3, 0.4) is 0 Å². The molecule has 1 unspecified atom stereocenters. The highest BCUT2D eigenvalue weighted by molar-refractivity contribution is 5.48. The average Bonchev–Trinajstić information content (AvgIpc) is 3.12. The van der Waals surface area contributed by atoms with Crippen LogP contribution in [0.2, 0.25) is 0 Å². The van der Waals surface area contributed by atoms with E-state index in [1.807, 2.05) is 6.07 Å². The Hall–Kier alpha value is -1.30. The molecule has 2 saturated heterocycles. The molecule has 5 heteroatoms. The zero-order chi connectivity index (χ0) is 16.4. The van der Waals surface area contributed by atoms with Gasteiger partial charge in [-0.3, -0.25) is 9.80 Å². The Labute approximate surface area is 144 Å². The van der Waals surface area contributed by atoms with Crippen molar-refractivity contribution in [2.45, 2.75) is 38.3 Å². The summed E-state index contributed by atoms with van der Waals surface area (Å²) < 4.78 is 11.2. The standard InChI is InChI=1S/C19H28N2O3/c22-13-15-6-9-21(10-7-15)17-4-2-8-20(12-17)11-16-3-1-5-18-19(16)24-14-23-18/h1,3,5,15,17,22H,2,4,6-14H2. The lowest BCUT2D eigenvalue weighted by molar-refractivity contribution is 0.0541. The van der Waals surface area contributed by atoms with Crippen molar-refractivity contribution in [1.82, 2.24) is 9.80 Å². The summed E-state index contributed by atoms with van der Waals surface area (Å²) in [7, 11) is 0. The van der Waals surface area contributed by atoms with Gasteiger partial charge in [-0.25, -0.2) is 0 Å². The van der Waals surface area contributed by atoms with E-state index in [1.54, 1.807) is 0 Å². The highest BCUT2D eigenvalue weighted by Gasteiger charge is 2.29. The molecule has 132 valence electrons. The molecule has 3 heterocycles. The smallest absolute Gasteiger partial charge is 0.231 e. The van der Waals surface area contributed by atoms with E-state index in [4.69, 9.17) is 9.47 Å². The largest absolute Gasteiger partial charge is 0.454 e. The summed E-state index contributed by atoms with van der Waals surface area (Å²) in [5.41, 5.74) is 1.24. The van der Waals surface area contributed by atoms with Crippen LogP contribution in [0.5, 0.6) is 11.5 Å². The third-order valence-electron chi connectivity index (χ3n) is 5.78. The first kappa shape index (κ1) is 16.2. The number of rotatable bonds is 4. The summed E-state index contributed by atoms with van der Waals surface area (Å²) in [6.07, 6.45) is 4.85. The van der Waals surface area contributed by atoms with E-state index in [9.17, 15) is 5.11 Å². The Morgan fingerprint density at radius 3 is 2.79 bits per heavy atom. The molecule has 3 aliphatic heterocycles. The van der Waals surface area contributed by atoms with Gasteiger partial charge in [-0.15, -0.1) is 0 Å². The minimum Gasteiger partial charge on any atom is -0.454 e. The van der Waals surface area contributed by atoms with Crippen LogP contribution in [0.25, 0.3) is 0 Å². The maximum absolute atomic E-state index is 9.32. The van der Waals surface area contributed by atoms with Gasteiger partial charge < -0.3 is 14.6 Å². The monoisotopic (exact) mass is 332 g/mol. The zero-order valence-electron chi connectivity index (χ0n) is 14.3. The van der Waals surface area contributed by atoms with Gasteiger partial charge in [-0.1, -0.05) is 12.1 Å². The fourth-order valence-electron chi connectivity index (χ4n) is 4.33. The Bertz CT molecular complexity index is 558. The molecule has 0 aromatic heterocycles. The number of hydrogen-bond acceptors (Lipinski definition) is 5. The summed E-state index contributed by atoms with van der Waals surface area (Å²) in [5.74, 6) is 2.33. The molecular formula is C19H28N2O3. The van der Waals surface area contributed by atoms with E-state index in [-0.39, 0.29) is 0 Å². The SMILES string of the molecule is OCC1CCN(C2CCCN(Cc3cccc4c3OCO4)C2)CC1. The van der Waals surface area contributed by atoms with Gasteiger partial charge in [0.15, 0.2) is 11.5 Å². The molecule has 0 spiro atoms. The van der Waals surface area contributed by atoms with Crippen molar-refractivity contribution in [2.75, 3.05) is 39.6 Å². The molecule has 0 saturated carbocycles. The first-order valence-electron chi connectivity index (χ1n) is 9.28. The van der Waals surface area contributed by atoms with Crippen LogP contribution in [0, 0.1) is 5.92 Å². The third kappa shape index (κ3) is 3.39.